The normalized spacial score (nSPS) is 16.5. The Kier molecular flexibility index (Phi) is 4.41. The van der Waals surface area contributed by atoms with Gasteiger partial charge in [0.1, 0.15) is 6.07 Å². The fourth-order valence-electron chi connectivity index (χ4n) is 2.67. The number of hydrogen-bond acceptors (Lipinski definition) is 5. The zero-order chi connectivity index (χ0) is 16.3. The van der Waals surface area contributed by atoms with Crippen molar-refractivity contribution in [2.45, 2.75) is 26.7 Å². The Balaban J connectivity index is 2.37. The second kappa shape index (κ2) is 6.10. The van der Waals surface area contributed by atoms with Gasteiger partial charge in [-0.3, -0.25) is 4.79 Å². The summed E-state index contributed by atoms with van der Waals surface area (Å²) in [5.41, 5.74) is 1.77. The Morgan fingerprint density at radius 2 is 1.82 bits per heavy atom. The van der Waals surface area contributed by atoms with E-state index in [9.17, 15) is 10.1 Å². The molecule has 0 atom stereocenters. The molecule has 5 nitrogen and oxygen atoms in total. The molecular formula is C17H20N2O3. The van der Waals surface area contributed by atoms with Crippen molar-refractivity contribution >= 4 is 11.5 Å². The van der Waals surface area contributed by atoms with Crippen LogP contribution in [0.1, 0.15) is 32.3 Å². The predicted molar refractivity (Wildman–Crippen MR) is 84.0 cm³/mol. The number of hydrogen-bond donors (Lipinski definition) is 1. The number of nitrogens with zero attached hydrogens (tertiary/aromatic N) is 1. The topological polar surface area (TPSA) is 71.3 Å². The van der Waals surface area contributed by atoms with Crippen molar-refractivity contribution in [2.24, 2.45) is 5.41 Å². The Labute approximate surface area is 130 Å². The first-order valence-electron chi connectivity index (χ1n) is 7.05. The van der Waals surface area contributed by atoms with Crippen molar-refractivity contribution in [1.82, 2.24) is 0 Å². The summed E-state index contributed by atoms with van der Waals surface area (Å²) in [5.74, 6) is 1.13. The molecule has 5 heteroatoms. The molecule has 2 rings (SSSR count). The molecule has 0 saturated carbocycles. The Morgan fingerprint density at radius 3 is 2.36 bits per heavy atom. The molecule has 1 aliphatic carbocycles. The lowest BCUT2D eigenvalue weighted by Gasteiger charge is -2.29. The number of allylic oxidation sites excluding steroid dienone is 2. The molecule has 0 aliphatic heterocycles. The molecule has 0 saturated heterocycles. The number of ketones is 1. The van der Waals surface area contributed by atoms with Gasteiger partial charge in [0, 0.05) is 30.3 Å². The highest BCUT2D eigenvalue weighted by molar-refractivity contribution is 5.92. The third kappa shape index (κ3) is 3.40. The van der Waals surface area contributed by atoms with Crippen molar-refractivity contribution in [3.05, 3.63) is 29.5 Å². The maximum Gasteiger partial charge on any atom is 0.162 e. The molecule has 1 aromatic rings. The van der Waals surface area contributed by atoms with Crippen molar-refractivity contribution in [3.8, 4) is 17.6 Å². The van der Waals surface area contributed by atoms with Crippen LogP contribution in [0.15, 0.2) is 23.9 Å². The first-order valence-corrected chi connectivity index (χ1v) is 7.05. The second-order valence-corrected chi connectivity index (χ2v) is 6.14. The third-order valence-corrected chi connectivity index (χ3v) is 3.60. The molecule has 22 heavy (non-hydrogen) atoms. The molecule has 116 valence electrons. The number of benzene rings is 1. The number of nitriles is 1. The molecule has 0 radical (unpaired) electrons. The molecule has 0 fully saturated rings. The number of methoxy groups -OCH3 is 2. The Bertz CT molecular complexity index is 669. The number of rotatable bonds is 4. The molecule has 0 heterocycles. The number of anilines is 1. The lowest BCUT2D eigenvalue weighted by atomic mass is 9.79. The van der Waals surface area contributed by atoms with Crippen LogP contribution < -0.4 is 14.8 Å². The number of ether oxygens (including phenoxy) is 2. The van der Waals surface area contributed by atoms with Crippen LogP contribution in [0.4, 0.5) is 5.69 Å². The van der Waals surface area contributed by atoms with Crippen LogP contribution in [0.3, 0.4) is 0 Å². The Hall–Kier alpha value is -2.48. The lowest BCUT2D eigenvalue weighted by molar-refractivity contribution is -0.117. The molecule has 0 aromatic heterocycles. The van der Waals surface area contributed by atoms with E-state index in [4.69, 9.17) is 9.47 Å². The Morgan fingerprint density at radius 1 is 1.18 bits per heavy atom. The van der Waals surface area contributed by atoms with Gasteiger partial charge in [0.2, 0.25) is 0 Å². The number of nitrogens with one attached hydrogen (secondary N) is 1. The van der Waals surface area contributed by atoms with Crippen LogP contribution in [-0.4, -0.2) is 20.0 Å². The van der Waals surface area contributed by atoms with E-state index in [-0.39, 0.29) is 11.2 Å². The minimum absolute atomic E-state index is 0.0858. The maximum atomic E-state index is 11.8. The van der Waals surface area contributed by atoms with E-state index in [1.54, 1.807) is 25.3 Å². The minimum Gasteiger partial charge on any atom is -0.493 e. The minimum atomic E-state index is -0.0858. The summed E-state index contributed by atoms with van der Waals surface area (Å²) in [6.07, 6.45) is 2.90. The maximum absolute atomic E-state index is 11.8. The molecule has 0 amide bonds. The van der Waals surface area contributed by atoms with Crippen LogP contribution in [0.5, 0.6) is 11.5 Å². The summed E-state index contributed by atoms with van der Waals surface area (Å²) in [4.78, 5) is 11.8. The SMILES string of the molecule is COc1cc(C#N)c(NC2=CC(=O)CC(C)(C)C2)cc1OC. The molecule has 0 unspecified atom stereocenters. The van der Waals surface area contributed by atoms with Gasteiger partial charge in [0.05, 0.1) is 25.5 Å². The quantitative estimate of drug-likeness (QED) is 0.924. The summed E-state index contributed by atoms with van der Waals surface area (Å²) in [7, 11) is 3.07. The second-order valence-electron chi connectivity index (χ2n) is 6.14. The van der Waals surface area contributed by atoms with Gasteiger partial charge in [-0.25, -0.2) is 0 Å². The van der Waals surface area contributed by atoms with Crippen LogP contribution in [-0.2, 0) is 4.79 Å². The summed E-state index contributed by atoms with van der Waals surface area (Å²) in [5, 5.41) is 12.5. The number of carbonyl (C=O) groups excluding carboxylic acids is 1. The molecule has 1 aromatic carbocycles. The average molecular weight is 300 g/mol. The van der Waals surface area contributed by atoms with E-state index in [0.717, 1.165) is 12.1 Å². The molecule has 0 bridgehead atoms. The monoisotopic (exact) mass is 300 g/mol. The van der Waals surface area contributed by atoms with Gasteiger partial charge in [-0.2, -0.15) is 5.26 Å². The average Bonchev–Trinajstić information content (AvgIpc) is 2.44. The molecule has 1 aliphatic rings. The van der Waals surface area contributed by atoms with Crippen molar-refractivity contribution in [3.63, 3.8) is 0 Å². The van der Waals surface area contributed by atoms with Gasteiger partial charge in [-0.15, -0.1) is 0 Å². The molecule has 1 N–H and O–H groups in total. The predicted octanol–water partition coefficient (Wildman–Crippen LogP) is 3.26. The van der Waals surface area contributed by atoms with E-state index < -0.39 is 0 Å². The molecule has 0 spiro atoms. The zero-order valence-electron chi connectivity index (χ0n) is 13.3. The van der Waals surface area contributed by atoms with Gasteiger partial charge in [0.15, 0.2) is 17.3 Å². The van der Waals surface area contributed by atoms with Crippen LogP contribution in [0.2, 0.25) is 0 Å². The van der Waals surface area contributed by atoms with Crippen molar-refractivity contribution in [2.75, 3.05) is 19.5 Å². The van der Waals surface area contributed by atoms with Gasteiger partial charge >= 0.3 is 0 Å². The zero-order valence-corrected chi connectivity index (χ0v) is 13.3. The van der Waals surface area contributed by atoms with Crippen LogP contribution >= 0.6 is 0 Å². The summed E-state index contributed by atoms with van der Waals surface area (Å²) >= 11 is 0. The largest absolute Gasteiger partial charge is 0.493 e. The van der Waals surface area contributed by atoms with Gasteiger partial charge in [0.25, 0.3) is 0 Å². The van der Waals surface area contributed by atoms with Crippen molar-refractivity contribution in [1.29, 1.82) is 5.26 Å². The van der Waals surface area contributed by atoms with E-state index in [1.807, 2.05) is 0 Å². The van der Waals surface area contributed by atoms with Gasteiger partial charge in [-0.05, 0) is 11.8 Å². The first kappa shape index (κ1) is 15.9. The van der Waals surface area contributed by atoms with E-state index in [2.05, 4.69) is 25.2 Å². The highest BCUT2D eigenvalue weighted by Gasteiger charge is 2.28. The smallest absolute Gasteiger partial charge is 0.162 e. The standard InChI is InChI=1S/C17H20N2O3/c1-17(2)8-12(6-13(20)9-17)19-14-7-16(22-4)15(21-3)5-11(14)10-18/h5-7,19H,8-9H2,1-4H3. The number of carbonyl (C=O) groups is 1. The summed E-state index contributed by atoms with van der Waals surface area (Å²) < 4.78 is 10.5. The van der Waals surface area contributed by atoms with Crippen LogP contribution in [0, 0.1) is 16.7 Å². The highest BCUT2D eigenvalue weighted by atomic mass is 16.5. The fourth-order valence-corrected chi connectivity index (χ4v) is 2.67. The first-order chi connectivity index (χ1) is 10.4. The van der Waals surface area contributed by atoms with Crippen molar-refractivity contribution < 1.29 is 14.3 Å². The van der Waals surface area contributed by atoms with E-state index in [1.165, 1.54) is 7.11 Å². The third-order valence-electron chi connectivity index (χ3n) is 3.60. The summed E-state index contributed by atoms with van der Waals surface area (Å²) in [6.45, 7) is 4.11. The van der Waals surface area contributed by atoms with Gasteiger partial charge < -0.3 is 14.8 Å². The molecular weight excluding hydrogens is 280 g/mol. The fraction of sp³-hybridized carbons (Fsp3) is 0.412. The van der Waals surface area contributed by atoms with Crippen LogP contribution in [0.25, 0.3) is 0 Å². The highest BCUT2D eigenvalue weighted by Crippen LogP contribution is 2.37. The van der Waals surface area contributed by atoms with Gasteiger partial charge in [-0.1, -0.05) is 13.8 Å². The van der Waals surface area contributed by atoms with E-state index in [0.29, 0.717) is 29.2 Å². The summed E-state index contributed by atoms with van der Waals surface area (Å²) in [6, 6.07) is 5.47. The van der Waals surface area contributed by atoms with E-state index >= 15 is 0 Å². The lowest BCUT2D eigenvalue weighted by Crippen LogP contribution is -2.24.